The number of rotatable bonds is 9. The van der Waals surface area contributed by atoms with E-state index in [2.05, 4.69) is 24.7 Å². The lowest BCUT2D eigenvalue weighted by Crippen LogP contribution is -2.22. The second-order valence-electron chi connectivity index (χ2n) is 9.84. The lowest BCUT2D eigenvalue weighted by Gasteiger charge is -2.16. The number of Topliss-reactive ketones (excluding diaryl/α,β-unsaturated/α-hetero) is 1. The maximum Gasteiger partial charge on any atom is 0.214 e. The van der Waals surface area contributed by atoms with Crippen LogP contribution in [0.2, 0.25) is 25.7 Å². The van der Waals surface area contributed by atoms with Crippen LogP contribution in [-0.2, 0) is 11.5 Å². The molecule has 35 heavy (non-hydrogen) atoms. The van der Waals surface area contributed by atoms with Gasteiger partial charge in [-0.2, -0.15) is 5.10 Å². The van der Waals surface area contributed by atoms with Crippen molar-refractivity contribution < 1.29 is 19.4 Å². The van der Waals surface area contributed by atoms with Crippen molar-refractivity contribution in [2.45, 2.75) is 39.3 Å². The summed E-state index contributed by atoms with van der Waals surface area (Å²) in [5, 5.41) is 14.6. The highest BCUT2D eigenvalue weighted by molar-refractivity contribution is 6.76. The van der Waals surface area contributed by atoms with Gasteiger partial charge in [-0.05, 0) is 61.5 Å². The molecule has 2 aromatic carbocycles. The van der Waals surface area contributed by atoms with Crippen LogP contribution in [0.25, 0.3) is 16.6 Å². The van der Waals surface area contributed by atoms with Gasteiger partial charge in [0.2, 0.25) is 5.78 Å². The molecule has 4 aromatic rings. The van der Waals surface area contributed by atoms with E-state index in [9.17, 15) is 14.7 Å². The van der Waals surface area contributed by atoms with E-state index in [0.717, 1.165) is 16.9 Å². The summed E-state index contributed by atoms with van der Waals surface area (Å²) in [6, 6.07) is 14.6. The van der Waals surface area contributed by atoms with Gasteiger partial charge in [-0.25, -0.2) is 4.68 Å². The number of nitrogens with two attached hydrogens (primary N) is 1. The fourth-order valence-corrected chi connectivity index (χ4v) is 4.58. The minimum absolute atomic E-state index is 0.0432. The Balaban J connectivity index is 1.72. The summed E-state index contributed by atoms with van der Waals surface area (Å²) in [5.41, 5.74) is 9.00. The summed E-state index contributed by atoms with van der Waals surface area (Å²) in [4.78, 5) is 25.6. The van der Waals surface area contributed by atoms with Gasteiger partial charge < -0.3 is 20.1 Å². The first-order valence-corrected chi connectivity index (χ1v) is 15.2. The van der Waals surface area contributed by atoms with Crippen LogP contribution < -0.4 is 5.73 Å². The van der Waals surface area contributed by atoms with Crippen LogP contribution >= 0.6 is 0 Å². The third-order valence-electron chi connectivity index (χ3n) is 5.90. The molecular weight excluding hydrogens is 460 g/mol. The summed E-state index contributed by atoms with van der Waals surface area (Å²) in [6.45, 7) is 9.19. The van der Waals surface area contributed by atoms with Gasteiger partial charge in [0.1, 0.15) is 18.3 Å². The molecule has 0 atom stereocenters. The number of phenolic OH excluding ortho intramolecular Hbond substituents is 1. The average molecular weight is 491 g/mol. The van der Waals surface area contributed by atoms with Gasteiger partial charge in [0, 0.05) is 25.6 Å². The molecule has 4 rings (SSSR count). The normalized spacial score (nSPS) is 11.8. The molecule has 0 amide bonds. The van der Waals surface area contributed by atoms with Crippen molar-refractivity contribution in [1.82, 2.24) is 14.3 Å². The average Bonchev–Trinajstić information content (AvgIpc) is 3.36. The topological polar surface area (TPSA) is 112 Å². The number of nitrogen functional groups attached to an aromatic ring is 1. The van der Waals surface area contributed by atoms with E-state index in [1.54, 1.807) is 30.3 Å². The molecule has 0 aliphatic heterocycles. The first-order valence-electron chi connectivity index (χ1n) is 11.4. The Morgan fingerprint density at radius 3 is 2.46 bits per heavy atom. The third kappa shape index (κ3) is 5.20. The van der Waals surface area contributed by atoms with E-state index in [1.807, 2.05) is 10.6 Å². The van der Waals surface area contributed by atoms with Crippen LogP contribution in [0, 0.1) is 0 Å². The number of aromatic nitrogens is 3. The summed E-state index contributed by atoms with van der Waals surface area (Å²) < 4.78 is 9.26. The molecule has 0 radical (unpaired) electrons. The number of ether oxygens (including phenoxy) is 1. The minimum atomic E-state index is -1.26. The molecule has 2 heterocycles. The highest BCUT2D eigenvalue weighted by Gasteiger charge is 2.23. The van der Waals surface area contributed by atoms with Gasteiger partial charge >= 0.3 is 0 Å². The van der Waals surface area contributed by atoms with E-state index in [1.165, 1.54) is 29.9 Å². The van der Waals surface area contributed by atoms with Crippen molar-refractivity contribution in [1.29, 1.82) is 0 Å². The van der Waals surface area contributed by atoms with Gasteiger partial charge in [-0.1, -0.05) is 19.6 Å². The first kappa shape index (κ1) is 24.4. The lowest BCUT2D eigenvalue weighted by molar-refractivity contribution is 0.0842. The van der Waals surface area contributed by atoms with E-state index in [0.29, 0.717) is 23.6 Å². The molecule has 0 bridgehead atoms. The summed E-state index contributed by atoms with van der Waals surface area (Å²) in [5.74, 6) is -0.0128. The number of aromatic hydroxyl groups is 1. The van der Waals surface area contributed by atoms with Crippen LogP contribution in [0.1, 0.15) is 33.3 Å². The number of carbonyl (C=O) groups excluding carboxylic acids is 2. The molecule has 8 nitrogen and oxygen atoms in total. The summed E-state index contributed by atoms with van der Waals surface area (Å²) >= 11 is 0. The largest absolute Gasteiger partial charge is 0.508 e. The highest BCUT2D eigenvalue weighted by atomic mass is 28.3. The Hall–Kier alpha value is -3.69. The lowest BCUT2D eigenvalue weighted by atomic mass is 10.1. The zero-order valence-corrected chi connectivity index (χ0v) is 21.4. The SMILES string of the molecule is CC(=O)c1ccc2c(c1)cc(C(=O)c1cnn(-c3ccc(O)cc3)c1N)n2COCC[Si](C)(C)C. The predicted octanol–water partition coefficient (Wildman–Crippen LogP) is 4.86. The van der Waals surface area contributed by atoms with Gasteiger partial charge in [0.05, 0.1) is 28.7 Å². The van der Waals surface area contributed by atoms with Crippen LogP contribution in [0.15, 0.2) is 54.7 Å². The Bertz CT molecular complexity index is 1400. The first-order chi connectivity index (χ1) is 16.5. The maximum absolute atomic E-state index is 13.7. The molecule has 0 saturated carbocycles. The molecule has 0 spiro atoms. The number of benzene rings is 2. The molecule has 0 saturated heterocycles. The smallest absolute Gasteiger partial charge is 0.214 e. The van der Waals surface area contributed by atoms with Crippen LogP contribution in [0.4, 0.5) is 5.82 Å². The number of nitrogens with zero attached hydrogens (tertiary/aromatic N) is 3. The Labute approximate surface area is 204 Å². The fourth-order valence-electron chi connectivity index (χ4n) is 3.82. The van der Waals surface area contributed by atoms with Gasteiger partial charge in [-0.15, -0.1) is 0 Å². The number of anilines is 1. The van der Waals surface area contributed by atoms with Crippen LogP contribution in [0.5, 0.6) is 5.75 Å². The van der Waals surface area contributed by atoms with Crippen LogP contribution in [0.3, 0.4) is 0 Å². The highest BCUT2D eigenvalue weighted by Crippen LogP contribution is 2.27. The summed E-state index contributed by atoms with van der Waals surface area (Å²) in [6.07, 6.45) is 1.44. The van der Waals surface area contributed by atoms with Crippen molar-refractivity contribution in [3.8, 4) is 11.4 Å². The van der Waals surface area contributed by atoms with E-state index in [-0.39, 0.29) is 35.4 Å². The molecule has 0 fully saturated rings. The zero-order valence-electron chi connectivity index (χ0n) is 20.4. The second kappa shape index (κ2) is 9.51. The van der Waals surface area contributed by atoms with Crippen LogP contribution in [-0.4, -0.2) is 45.7 Å². The molecule has 0 aliphatic carbocycles. The minimum Gasteiger partial charge on any atom is -0.508 e. The third-order valence-corrected chi connectivity index (χ3v) is 7.61. The van der Waals surface area contributed by atoms with Crippen molar-refractivity contribution in [3.63, 3.8) is 0 Å². The van der Waals surface area contributed by atoms with E-state index < -0.39 is 8.07 Å². The maximum atomic E-state index is 13.7. The molecule has 2 aromatic heterocycles. The fraction of sp³-hybridized carbons (Fsp3) is 0.269. The van der Waals surface area contributed by atoms with E-state index >= 15 is 0 Å². The molecule has 9 heteroatoms. The van der Waals surface area contributed by atoms with Gasteiger partial charge in [0.25, 0.3) is 0 Å². The Kier molecular flexibility index (Phi) is 6.64. The molecule has 182 valence electrons. The summed E-state index contributed by atoms with van der Waals surface area (Å²) in [7, 11) is -1.26. The number of hydrogen-bond acceptors (Lipinski definition) is 6. The second-order valence-corrected chi connectivity index (χ2v) is 15.5. The Morgan fingerprint density at radius 1 is 1.09 bits per heavy atom. The standard InChI is InChI=1S/C26H30N4O4Si/c1-17(31)18-5-10-23-19(13-18)14-24(29(23)16-34-11-12-35(2,3)4)25(33)22-15-28-30(26(22)27)20-6-8-21(32)9-7-20/h5-10,13-15,32H,11-12,16,27H2,1-4H3. The molecule has 3 N–H and O–H groups in total. The number of carbonyl (C=O) groups is 2. The number of hydrogen-bond donors (Lipinski definition) is 2. The van der Waals surface area contributed by atoms with Gasteiger partial charge in [-0.3, -0.25) is 9.59 Å². The van der Waals surface area contributed by atoms with Crippen molar-refractivity contribution in [2.75, 3.05) is 12.3 Å². The van der Waals surface area contributed by atoms with E-state index in [4.69, 9.17) is 10.5 Å². The quantitative estimate of drug-likeness (QED) is 0.197. The van der Waals surface area contributed by atoms with Gasteiger partial charge in [0.15, 0.2) is 5.78 Å². The van der Waals surface area contributed by atoms with Crippen molar-refractivity contribution in [3.05, 3.63) is 71.5 Å². The molecule has 0 unspecified atom stereocenters. The number of fused-ring (bicyclic) bond motifs is 1. The zero-order chi connectivity index (χ0) is 25.3. The number of ketones is 2. The molecule has 0 aliphatic rings. The molecular formula is C26H30N4O4Si. The predicted molar refractivity (Wildman–Crippen MR) is 139 cm³/mol. The number of phenols is 1. The van der Waals surface area contributed by atoms with Crippen molar-refractivity contribution in [2.24, 2.45) is 0 Å². The Morgan fingerprint density at radius 2 is 1.80 bits per heavy atom. The monoisotopic (exact) mass is 490 g/mol. The van der Waals surface area contributed by atoms with Crippen molar-refractivity contribution >= 4 is 36.4 Å².